The minimum atomic E-state index is -0.419. The van der Waals surface area contributed by atoms with Crippen LogP contribution < -0.4 is 5.49 Å². The topological polar surface area (TPSA) is 50.4 Å². The van der Waals surface area contributed by atoms with E-state index in [2.05, 4.69) is 40.5 Å². The Bertz CT molecular complexity index is 684. The van der Waals surface area contributed by atoms with Crippen molar-refractivity contribution in [2.45, 2.75) is 40.3 Å². The second-order valence-electron chi connectivity index (χ2n) is 5.13. The lowest BCUT2D eigenvalue weighted by molar-refractivity contribution is 0.173. The fourth-order valence-corrected chi connectivity index (χ4v) is 2.36. The van der Waals surface area contributed by atoms with E-state index in [1.54, 1.807) is 14.0 Å². The quantitative estimate of drug-likeness (QED) is 0.895. The average Bonchev–Trinajstić information content (AvgIpc) is 2.31. The number of rotatable bonds is 2. The van der Waals surface area contributed by atoms with Crippen LogP contribution in [0.3, 0.4) is 0 Å². The summed E-state index contributed by atoms with van der Waals surface area (Å²) in [4.78, 5) is 8.93. The first-order chi connectivity index (χ1) is 8.93. The van der Waals surface area contributed by atoms with Crippen molar-refractivity contribution < 1.29 is 5.11 Å². The van der Waals surface area contributed by atoms with Crippen molar-refractivity contribution in [2.75, 3.05) is 7.05 Å². The summed E-state index contributed by atoms with van der Waals surface area (Å²) in [7, 11) is 1.76. The van der Waals surface area contributed by atoms with Gasteiger partial charge in [-0.1, -0.05) is 0 Å². The van der Waals surface area contributed by atoms with Gasteiger partial charge in [0.05, 0.1) is 29.4 Å². The van der Waals surface area contributed by atoms with Gasteiger partial charge >= 0.3 is 0 Å². The molecule has 0 amide bonds. The minimum Gasteiger partial charge on any atom is -0.392 e. The van der Waals surface area contributed by atoms with Crippen LogP contribution >= 0.6 is 0 Å². The largest absolute Gasteiger partial charge is 0.392 e. The molecule has 0 saturated carbocycles. The Morgan fingerprint density at radius 1 is 1.26 bits per heavy atom. The van der Waals surface area contributed by atoms with E-state index < -0.39 is 6.10 Å². The highest BCUT2D eigenvalue weighted by Crippen LogP contribution is 2.17. The van der Waals surface area contributed by atoms with Gasteiger partial charge in [0.25, 0.3) is 0 Å². The van der Waals surface area contributed by atoms with E-state index in [0.29, 0.717) is 6.54 Å². The Balaban J connectivity index is 2.89. The zero-order chi connectivity index (χ0) is 14.2. The Hall–Kier alpha value is -1.68. The maximum Gasteiger partial charge on any atom is 0.149 e. The summed E-state index contributed by atoms with van der Waals surface area (Å²) in [6.07, 6.45) is -0.419. The van der Waals surface area contributed by atoms with Crippen LogP contribution in [0.25, 0.3) is 11.0 Å². The number of hydrogen-bond donors (Lipinski definition) is 1. The van der Waals surface area contributed by atoms with E-state index in [1.807, 2.05) is 6.92 Å². The Morgan fingerprint density at radius 2 is 1.89 bits per heavy atom. The fourth-order valence-electron chi connectivity index (χ4n) is 2.36. The van der Waals surface area contributed by atoms with Gasteiger partial charge in [-0.15, -0.1) is 0 Å². The second-order valence-corrected chi connectivity index (χ2v) is 5.13. The van der Waals surface area contributed by atoms with Crippen molar-refractivity contribution in [1.82, 2.24) is 9.55 Å². The summed E-state index contributed by atoms with van der Waals surface area (Å²) in [6, 6.07) is 4.21. The zero-order valence-electron chi connectivity index (χ0n) is 12.2. The molecule has 4 nitrogen and oxygen atoms in total. The van der Waals surface area contributed by atoms with E-state index in [1.165, 1.54) is 11.1 Å². The molecule has 102 valence electrons. The van der Waals surface area contributed by atoms with Crippen molar-refractivity contribution in [3.63, 3.8) is 0 Å². The normalized spacial score (nSPS) is 14.1. The van der Waals surface area contributed by atoms with Gasteiger partial charge in [0.15, 0.2) is 0 Å². The number of aromatic nitrogens is 2. The third-order valence-electron chi connectivity index (χ3n) is 3.41. The van der Waals surface area contributed by atoms with Gasteiger partial charge in [-0.3, -0.25) is 4.99 Å². The van der Waals surface area contributed by atoms with Crippen molar-refractivity contribution >= 4 is 11.0 Å². The number of fused-ring (bicyclic) bond motifs is 1. The summed E-state index contributed by atoms with van der Waals surface area (Å²) in [6.45, 7) is 8.44. The zero-order valence-corrected chi connectivity index (χ0v) is 12.2. The van der Waals surface area contributed by atoms with Crippen molar-refractivity contribution in [3.05, 3.63) is 34.4 Å². The van der Waals surface area contributed by atoms with Gasteiger partial charge in [-0.2, -0.15) is 0 Å². The molecule has 1 unspecified atom stereocenters. The summed E-state index contributed by atoms with van der Waals surface area (Å²) < 4.78 is 2.05. The van der Waals surface area contributed by atoms with Crippen molar-refractivity contribution in [1.29, 1.82) is 0 Å². The smallest absolute Gasteiger partial charge is 0.149 e. The van der Waals surface area contributed by atoms with Gasteiger partial charge in [0.2, 0.25) is 0 Å². The molecule has 19 heavy (non-hydrogen) atoms. The lowest BCUT2D eigenvalue weighted by atomic mass is 10.1. The van der Waals surface area contributed by atoms with Crippen molar-refractivity contribution in [2.24, 2.45) is 4.99 Å². The first-order valence-corrected chi connectivity index (χ1v) is 6.53. The lowest BCUT2D eigenvalue weighted by Gasteiger charge is -2.16. The fraction of sp³-hybridized carbons (Fsp3) is 0.467. The Morgan fingerprint density at radius 3 is 2.47 bits per heavy atom. The average molecular weight is 259 g/mol. The van der Waals surface area contributed by atoms with E-state index >= 15 is 0 Å². The first kappa shape index (κ1) is 13.7. The molecule has 1 aromatic carbocycles. The summed E-state index contributed by atoms with van der Waals surface area (Å²) >= 11 is 0. The van der Waals surface area contributed by atoms with Crippen LogP contribution in [0, 0.1) is 20.8 Å². The number of aryl methyl sites for hydroxylation is 3. The van der Waals surface area contributed by atoms with Crippen LogP contribution in [0.2, 0.25) is 0 Å². The van der Waals surface area contributed by atoms with Crippen LogP contribution in [0.15, 0.2) is 17.1 Å². The molecule has 1 N–H and O–H groups in total. The van der Waals surface area contributed by atoms with Crippen LogP contribution in [0.4, 0.5) is 0 Å². The highest BCUT2D eigenvalue weighted by Gasteiger charge is 2.09. The SMILES string of the molecule is CN=c1c(C)nc2cc(C)c(C)cc2n1CC(C)O. The number of benzene rings is 1. The monoisotopic (exact) mass is 259 g/mol. The molecule has 0 aliphatic carbocycles. The molecule has 0 bridgehead atoms. The molecule has 0 spiro atoms. The number of aliphatic hydroxyl groups excluding tert-OH is 1. The molecule has 1 aromatic heterocycles. The van der Waals surface area contributed by atoms with E-state index in [0.717, 1.165) is 22.2 Å². The number of aliphatic hydroxyl groups is 1. The third-order valence-corrected chi connectivity index (χ3v) is 3.41. The molecule has 0 fully saturated rings. The highest BCUT2D eigenvalue weighted by atomic mass is 16.3. The van der Waals surface area contributed by atoms with Crippen LogP contribution in [-0.4, -0.2) is 27.8 Å². The molecule has 0 aliphatic rings. The molecule has 4 heteroatoms. The van der Waals surface area contributed by atoms with Gasteiger partial charge in [0, 0.05) is 7.05 Å². The number of nitrogens with zero attached hydrogens (tertiary/aromatic N) is 3. The van der Waals surface area contributed by atoms with E-state index in [9.17, 15) is 5.11 Å². The van der Waals surface area contributed by atoms with Gasteiger partial charge < -0.3 is 9.67 Å². The maximum absolute atomic E-state index is 9.72. The Labute approximate surface area is 113 Å². The molecule has 1 atom stereocenters. The molecule has 0 aliphatic heterocycles. The first-order valence-electron chi connectivity index (χ1n) is 6.53. The van der Waals surface area contributed by atoms with E-state index in [-0.39, 0.29) is 0 Å². The molecule has 0 radical (unpaired) electrons. The predicted octanol–water partition coefficient (Wildman–Crippen LogP) is 1.87. The summed E-state index contributed by atoms with van der Waals surface area (Å²) in [5.74, 6) is 0. The second kappa shape index (κ2) is 5.13. The van der Waals surface area contributed by atoms with Crippen LogP contribution in [-0.2, 0) is 6.54 Å². The van der Waals surface area contributed by atoms with E-state index in [4.69, 9.17) is 0 Å². The minimum absolute atomic E-state index is 0.419. The molecular weight excluding hydrogens is 238 g/mol. The van der Waals surface area contributed by atoms with Gasteiger partial charge in [0.1, 0.15) is 5.49 Å². The maximum atomic E-state index is 9.72. The van der Waals surface area contributed by atoms with Crippen LogP contribution in [0.5, 0.6) is 0 Å². The number of hydrogen-bond acceptors (Lipinski definition) is 3. The van der Waals surface area contributed by atoms with Gasteiger partial charge in [-0.25, -0.2) is 4.98 Å². The summed E-state index contributed by atoms with van der Waals surface area (Å²) in [5, 5.41) is 9.72. The van der Waals surface area contributed by atoms with Gasteiger partial charge in [-0.05, 0) is 51.0 Å². The molecular formula is C15H21N3O. The molecule has 2 rings (SSSR count). The molecule has 1 heterocycles. The third kappa shape index (κ3) is 2.54. The lowest BCUT2D eigenvalue weighted by Crippen LogP contribution is -2.29. The summed E-state index contributed by atoms with van der Waals surface area (Å²) in [5.41, 5.74) is 6.14. The van der Waals surface area contributed by atoms with Crippen LogP contribution in [0.1, 0.15) is 23.7 Å². The highest BCUT2D eigenvalue weighted by molar-refractivity contribution is 5.76. The molecule has 2 aromatic rings. The Kier molecular flexibility index (Phi) is 3.71. The van der Waals surface area contributed by atoms with Crippen molar-refractivity contribution in [3.8, 4) is 0 Å². The molecule has 0 saturated heterocycles. The predicted molar refractivity (Wildman–Crippen MR) is 77.1 cm³/mol. The standard InChI is InChI=1S/C15H21N3O/c1-9-6-13-14(7-10(9)2)18(8-11(3)19)15(16-5)12(4)17-13/h6-7,11,19H,8H2,1-5H3.